The number of thiazole rings is 1. The van der Waals surface area contributed by atoms with E-state index in [0.29, 0.717) is 23.1 Å². The lowest BCUT2D eigenvalue weighted by Gasteiger charge is -2.03. The average Bonchev–Trinajstić information content (AvgIpc) is 3.32. The normalized spacial score (nSPS) is 11.7. The van der Waals surface area contributed by atoms with Gasteiger partial charge in [-0.15, -0.1) is 11.3 Å². The topological polar surface area (TPSA) is 81.4 Å². The molecule has 29 heavy (non-hydrogen) atoms. The zero-order chi connectivity index (χ0) is 20.9. The van der Waals surface area contributed by atoms with E-state index >= 15 is 0 Å². The average molecular weight is 423 g/mol. The molecule has 0 atom stereocenters. The molecule has 0 bridgehead atoms. The molecule has 0 fully saturated rings. The van der Waals surface area contributed by atoms with E-state index in [2.05, 4.69) is 20.6 Å². The molecule has 2 aromatic heterocycles. The quantitative estimate of drug-likeness (QED) is 0.354. The number of halogens is 3. The van der Waals surface area contributed by atoms with Crippen LogP contribution >= 0.6 is 11.3 Å². The van der Waals surface area contributed by atoms with E-state index in [1.165, 1.54) is 11.3 Å². The van der Waals surface area contributed by atoms with Gasteiger partial charge in [-0.3, -0.25) is 10.2 Å². The van der Waals surface area contributed by atoms with Gasteiger partial charge in [0.2, 0.25) is 5.13 Å². The van der Waals surface area contributed by atoms with Crippen LogP contribution in [0, 0.1) is 0 Å². The Kier molecular flexibility index (Phi) is 6.27. The van der Waals surface area contributed by atoms with Gasteiger partial charge in [0, 0.05) is 11.6 Å². The molecule has 0 saturated heterocycles. The summed E-state index contributed by atoms with van der Waals surface area (Å²) >= 11 is 1.30. The molecule has 7 nitrogen and oxygen atoms in total. The van der Waals surface area contributed by atoms with Crippen molar-refractivity contribution in [3.05, 3.63) is 58.9 Å². The van der Waals surface area contributed by atoms with Crippen LogP contribution in [0.15, 0.2) is 47.1 Å². The summed E-state index contributed by atoms with van der Waals surface area (Å²) in [5, 5.41) is 10.1. The molecule has 0 aliphatic rings. The zero-order valence-corrected chi connectivity index (χ0v) is 16.0. The second-order valence-electron chi connectivity index (χ2n) is 5.76. The summed E-state index contributed by atoms with van der Waals surface area (Å²) in [5.74, 6) is -0.340. The van der Waals surface area contributed by atoms with Gasteiger partial charge in [-0.2, -0.15) is 23.4 Å². The summed E-state index contributed by atoms with van der Waals surface area (Å²) in [4.78, 5) is 15.7. The smallest absolute Gasteiger partial charge is 0.419 e. The first-order valence-electron chi connectivity index (χ1n) is 8.46. The Morgan fingerprint density at radius 1 is 1.34 bits per heavy atom. The second-order valence-corrected chi connectivity index (χ2v) is 6.62. The van der Waals surface area contributed by atoms with Crippen molar-refractivity contribution in [2.75, 3.05) is 12.0 Å². The zero-order valence-electron chi connectivity index (χ0n) is 15.2. The second kappa shape index (κ2) is 8.86. The van der Waals surface area contributed by atoms with Crippen LogP contribution < -0.4 is 5.43 Å². The number of rotatable bonds is 7. The number of carbonyl (C=O) groups is 1. The summed E-state index contributed by atoms with van der Waals surface area (Å²) < 4.78 is 44.0. The van der Waals surface area contributed by atoms with Crippen LogP contribution in [-0.4, -0.2) is 33.6 Å². The van der Waals surface area contributed by atoms with E-state index in [1.807, 2.05) is 0 Å². The van der Waals surface area contributed by atoms with Gasteiger partial charge in [0.1, 0.15) is 0 Å². The number of ether oxygens (including phenoxy) is 1. The number of anilines is 1. The lowest BCUT2D eigenvalue weighted by Crippen LogP contribution is -2.07. The minimum absolute atomic E-state index is 0.0979. The Hall–Kier alpha value is -3.21. The van der Waals surface area contributed by atoms with E-state index < -0.39 is 11.7 Å². The van der Waals surface area contributed by atoms with E-state index in [-0.39, 0.29) is 12.4 Å². The van der Waals surface area contributed by atoms with Crippen LogP contribution in [0.5, 0.6) is 0 Å². The van der Waals surface area contributed by atoms with Crippen molar-refractivity contribution in [2.45, 2.75) is 19.5 Å². The Bertz CT molecular complexity index is 996. The third kappa shape index (κ3) is 5.64. The number of hydrogen-bond donors (Lipinski definition) is 1. The summed E-state index contributed by atoms with van der Waals surface area (Å²) in [6, 6.07) is 6.66. The fourth-order valence-electron chi connectivity index (χ4n) is 2.28. The molecule has 3 aromatic rings. The molecule has 2 heterocycles. The molecule has 1 aromatic carbocycles. The lowest BCUT2D eigenvalue weighted by molar-refractivity contribution is -0.142. The van der Waals surface area contributed by atoms with Gasteiger partial charge in [0.25, 0.3) is 0 Å². The number of nitrogens with zero attached hydrogens (tertiary/aromatic N) is 4. The third-order valence-electron chi connectivity index (χ3n) is 3.62. The first-order chi connectivity index (χ1) is 13.8. The van der Waals surface area contributed by atoms with Crippen LogP contribution in [0.2, 0.25) is 0 Å². The van der Waals surface area contributed by atoms with Crippen LogP contribution in [0.1, 0.15) is 23.7 Å². The Morgan fingerprint density at radius 3 is 2.76 bits per heavy atom. The number of alkyl halides is 3. The molecule has 0 aliphatic heterocycles. The van der Waals surface area contributed by atoms with Crippen molar-refractivity contribution in [3.8, 4) is 5.69 Å². The Morgan fingerprint density at radius 2 is 2.10 bits per heavy atom. The van der Waals surface area contributed by atoms with Crippen LogP contribution in [-0.2, 0) is 22.1 Å². The lowest BCUT2D eigenvalue weighted by atomic mass is 10.2. The van der Waals surface area contributed by atoms with Gasteiger partial charge < -0.3 is 4.74 Å². The summed E-state index contributed by atoms with van der Waals surface area (Å²) in [6.07, 6.45) is -1.08. The number of hydrazone groups is 1. The van der Waals surface area contributed by atoms with Crippen molar-refractivity contribution < 1.29 is 22.7 Å². The third-order valence-corrected chi connectivity index (χ3v) is 4.42. The molecule has 3 rings (SSSR count). The molecule has 0 saturated carbocycles. The maximum atomic E-state index is 12.7. The SMILES string of the molecule is CCOC(=O)Cc1csc(NN=Cc2ccc(-n3cc(C(F)(F)F)cn3)cc2)n1. The first kappa shape index (κ1) is 20.5. The number of carbonyl (C=O) groups excluding carboxylic acids is 1. The van der Waals surface area contributed by atoms with Crippen molar-refractivity contribution in [1.29, 1.82) is 0 Å². The van der Waals surface area contributed by atoms with Gasteiger partial charge in [-0.25, -0.2) is 9.67 Å². The fraction of sp³-hybridized carbons (Fsp3) is 0.222. The van der Waals surface area contributed by atoms with Crippen molar-refractivity contribution >= 4 is 28.7 Å². The first-order valence-corrected chi connectivity index (χ1v) is 9.34. The molecule has 0 unspecified atom stereocenters. The predicted octanol–water partition coefficient (Wildman–Crippen LogP) is 3.90. The molecular formula is C18H16F3N5O2S. The summed E-state index contributed by atoms with van der Waals surface area (Å²) in [7, 11) is 0. The molecular weight excluding hydrogens is 407 g/mol. The van der Waals surface area contributed by atoms with Crippen molar-refractivity contribution in [2.24, 2.45) is 5.10 Å². The molecule has 0 amide bonds. The van der Waals surface area contributed by atoms with E-state index in [0.717, 1.165) is 22.6 Å². The highest BCUT2D eigenvalue weighted by molar-refractivity contribution is 7.13. The van der Waals surface area contributed by atoms with Gasteiger partial charge in [-0.05, 0) is 24.6 Å². The highest BCUT2D eigenvalue weighted by atomic mass is 32.1. The molecule has 152 valence electrons. The summed E-state index contributed by atoms with van der Waals surface area (Å²) in [6.45, 7) is 2.06. The Balaban J connectivity index is 1.57. The number of aromatic nitrogens is 3. The monoisotopic (exact) mass is 423 g/mol. The van der Waals surface area contributed by atoms with Gasteiger partial charge in [0.15, 0.2) is 0 Å². The summed E-state index contributed by atoms with van der Waals surface area (Å²) in [5.41, 5.74) is 3.77. The molecule has 11 heteroatoms. The van der Waals surface area contributed by atoms with Crippen LogP contribution in [0.3, 0.4) is 0 Å². The maximum Gasteiger partial charge on any atom is 0.419 e. The Labute approximate surface area is 167 Å². The van der Waals surface area contributed by atoms with Crippen molar-refractivity contribution in [1.82, 2.24) is 14.8 Å². The number of benzene rings is 1. The van der Waals surface area contributed by atoms with Crippen molar-refractivity contribution in [3.63, 3.8) is 0 Å². The van der Waals surface area contributed by atoms with Gasteiger partial charge in [-0.1, -0.05) is 12.1 Å². The number of hydrogen-bond acceptors (Lipinski definition) is 7. The molecule has 0 spiro atoms. The number of nitrogens with one attached hydrogen (secondary N) is 1. The minimum Gasteiger partial charge on any atom is -0.466 e. The number of esters is 1. The molecule has 0 aliphatic carbocycles. The minimum atomic E-state index is -4.43. The van der Waals surface area contributed by atoms with Crippen LogP contribution in [0.25, 0.3) is 5.69 Å². The fourth-order valence-corrected chi connectivity index (χ4v) is 2.94. The van der Waals surface area contributed by atoms with Gasteiger partial charge >= 0.3 is 12.1 Å². The highest BCUT2D eigenvalue weighted by Crippen LogP contribution is 2.29. The van der Waals surface area contributed by atoms with E-state index in [9.17, 15) is 18.0 Å². The standard InChI is InChI=1S/C18H16F3N5O2S/c1-2-28-16(27)7-14-11-29-17(24-14)25-22-8-12-3-5-15(6-4-12)26-10-13(9-23-26)18(19,20)21/h3-6,8-11H,2,7H2,1H3,(H,24,25). The molecule has 1 N–H and O–H groups in total. The maximum absolute atomic E-state index is 12.7. The van der Waals surface area contributed by atoms with E-state index in [1.54, 1.807) is 42.8 Å². The highest BCUT2D eigenvalue weighted by Gasteiger charge is 2.32. The van der Waals surface area contributed by atoms with Crippen LogP contribution in [0.4, 0.5) is 18.3 Å². The largest absolute Gasteiger partial charge is 0.466 e. The van der Waals surface area contributed by atoms with Gasteiger partial charge in [0.05, 0.1) is 42.4 Å². The predicted molar refractivity (Wildman–Crippen MR) is 102 cm³/mol. The molecule has 0 radical (unpaired) electrons. The van der Waals surface area contributed by atoms with E-state index in [4.69, 9.17) is 4.74 Å².